The molecule has 0 fully saturated rings. The third-order valence-corrected chi connectivity index (χ3v) is 2.80. The first-order valence-electron chi connectivity index (χ1n) is 7.72. The lowest BCUT2D eigenvalue weighted by Crippen LogP contribution is -2.48. The fourth-order valence-electron chi connectivity index (χ4n) is 1.59. The highest BCUT2D eigenvalue weighted by Crippen LogP contribution is 2.08. The molecule has 0 spiro atoms. The predicted molar refractivity (Wildman–Crippen MR) is 95.5 cm³/mol. The van der Waals surface area contributed by atoms with E-state index in [1.807, 2.05) is 0 Å². The van der Waals surface area contributed by atoms with Crippen LogP contribution < -0.4 is 27.4 Å². The summed E-state index contributed by atoms with van der Waals surface area (Å²) in [6.07, 6.45) is 0. The largest absolute Gasteiger partial charge is 0.392 e. The molecule has 1 rings (SSSR count). The second kappa shape index (κ2) is 12.4. The molecule has 1 aromatic rings. The van der Waals surface area contributed by atoms with Gasteiger partial charge < -0.3 is 32.5 Å². The molecule has 1 aromatic carbocycles. The maximum Gasteiger partial charge on any atom is 0.243 e. The predicted octanol–water partition coefficient (Wildman–Crippen LogP) is -1.81. The van der Waals surface area contributed by atoms with Gasteiger partial charge >= 0.3 is 0 Å². The molecule has 10 heteroatoms. The molecule has 0 saturated heterocycles. The summed E-state index contributed by atoms with van der Waals surface area (Å²) in [5.74, 6) is -1.66. The van der Waals surface area contributed by atoms with Crippen LogP contribution in [-0.4, -0.2) is 47.9 Å². The van der Waals surface area contributed by atoms with Crippen LogP contribution in [0.5, 0.6) is 0 Å². The lowest BCUT2D eigenvalue weighted by molar-refractivity contribution is -0.128. The Balaban J connectivity index is 0.00000141. The number of nitrogens with one attached hydrogen (secondary N) is 3. The minimum atomic E-state index is -0.771. The molecular weight excluding hydrogens is 342 g/mol. The van der Waals surface area contributed by atoms with Gasteiger partial charge in [0.15, 0.2) is 0 Å². The molecule has 10 nitrogen and oxygen atoms in total. The molecule has 8 N–H and O–H groups in total. The van der Waals surface area contributed by atoms with E-state index in [1.165, 1.54) is 13.8 Å². The van der Waals surface area contributed by atoms with Crippen LogP contribution in [0, 0.1) is 0 Å². The second-order valence-electron chi connectivity index (χ2n) is 5.22. The Bertz CT molecular complexity index is 614. The van der Waals surface area contributed by atoms with Crippen LogP contribution in [0.1, 0.15) is 19.4 Å². The number of primary amides is 1. The van der Waals surface area contributed by atoms with Crippen molar-refractivity contribution >= 4 is 29.3 Å². The Morgan fingerprint density at radius 3 is 2.12 bits per heavy atom. The first-order valence-corrected chi connectivity index (χ1v) is 7.72. The molecular formula is C16H25N5O5. The molecule has 0 bridgehead atoms. The Labute approximate surface area is 151 Å². The fraction of sp³-hybridized carbons (Fsp3) is 0.375. The van der Waals surface area contributed by atoms with Gasteiger partial charge in [-0.15, -0.1) is 0 Å². The minimum Gasteiger partial charge on any atom is -0.392 e. The Kier molecular flexibility index (Phi) is 11.0. The van der Waals surface area contributed by atoms with Crippen LogP contribution in [0.2, 0.25) is 0 Å². The molecule has 0 aliphatic heterocycles. The number of hydrogen-bond donors (Lipinski definition) is 6. The van der Waals surface area contributed by atoms with Crippen molar-refractivity contribution in [1.29, 1.82) is 0 Å². The highest BCUT2D eigenvalue weighted by atomic mass is 16.3. The molecule has 26 heavy (non-hydrogen) atoms. The number of amides is 4. The first-order chi connectivity index (χ1) is 12.2. The van der Waals surface area contributed by atoms with Gasteiger partial charge in [0.2, 0.25) is 23.6 Å². The van der Waals surface area contributed by atoms with E-state index in [1.54, 1.807) is 24.3 Å². The topological polar surface area (TPSA) is 177 Å². The molecule has 144 valence electrons. The Morgan fingerprint density at radius 2 is 1.65 bits per heavy atom. The van der Waals surface area contributed by atoms with Crippen molar-refractivity contribution in [3.05, 3.63) is 29.8 Å². The summed E-state index contributed by atoms with van der Waals surface area (Å²) >= 11 is 0. The monoisotopic (exact) mass is 367 g/mol. The van der Waals surface area contributed by atoms with Gasteiger partial charge in [-0.05, 0) is 24.6 Å². The first kappa shape index (κ1) is 23.0. The molecule has 0 aliphatic carbocycles. The molecule has 1 atom stereocenters. The van der Waals surface area contributed by atoms with Crippen LogP contribution in [0.15, 0.2) is 24.3 Å². The number of nitrogens with two attached hydrogens (primary N) is 2. The number of anilines is 1. The zero-order chi connectivity index (χ0) is 20.1. The number of carbonyl (C=O) groups excluding carboxylic acids is 4. The standard InChI is InChI=1S/C14H20N4O4.C2H5NO/c1-9(17-12(20)6-15)14(22)16-7-13(21)18-11-4-2-10(8-19)3-5-11;1-2(3)4/h2-5,9,19H,6-8,15H2,1H3,(H,16,22)(H,17,20)(H,18,21);1H3,(H2,3,4)/t9-;/m0./s1. The third-order valence-electron chi connectivity index (χ3n) is 2.80. The highest BCUT2D eigenvalue weighted by Gasteiger charge is 2.15. The van der Waals surface area contributed by atoms with Crippen LogP contribution >= 0.6 is 0 Å². The van der Waals surface area contributed by atoms with E-state index in [-0.39, 0.29) is 25.6 Å². The zero-order valence-corrected chi connectivity index (χ0v) is 14.7. The lowest BCUT2D eigenvalue weighted by Gasteiger charge is -2.13. The van der Waals surface area contributed by atoms with Gasteiger partial charge in [-0.3, -0.25) is 19.2 Å². The van der Waals surface area contributed by atoms with Crippen LogP contribution in [0.4, 0.5) is 5.69 Å². The number of rotatable bonds is 7. The number of aliphatic hydroxyl groups is 1. The molecule has 0 aromatic heterocycles. The molecule has 0 saturated carbocycles. The number of aliphatic hydroxyl groups excluding tert-OH is 1. The maximum atomic E-state index is 11.7. The van der Waals surface area contributed by atoms with E-state index in [4.69, 9.17) is 10.8 Å². The molecule has 0 radical (unpaired) electrons. The Hall–Kier alpha value is -2.98. The van der Waals surface area contributed by atoms with Gasteiger partial charge in [0.05, 0.1) is 19.7 Å². The van der Waals surface area contributed by atoms with Crippen LogP contribution in [-0.2, 0) is 25.8 Å². The van der Waals surface area contributed by atoms with Crippen molar-refractivity contribution in [2.45, 2.75) is 26.5 Å². The maximum absolute atomic E-state index is 11.7. The number of hydrogen-bond acceptors (Lipinski definition) is 6. The third kappa shape index (κ3) is 10.7. The Morgan fingerprint density at radius 1 is 1.12 bits per heavy atom. The van der Waals surface area contributed by atoms with Gasteiger partial charge in [-0.2, -0.15) is 0 Å². The van der Waals surface area contributed by atoms with Gasteiger partial charge in [-0.1, -0.05) is 12.1 Å². The second-order valence-corrected chi connectivity index (χ2v) is 5.22. The van der Waals surface area contributed by atoms with Gasteiger partial charge in [0, 0.05) is 12.6 Å². The van der Waals surface area contributed by atoms with Crippen molar-refractivity contribution in [2.75, 3.05) is 18.4 Å². The van der Waals surface area contributed by atoms with Crippen molar-refractivity contribution in [1.82, 2.24) is 10.6 Å². The lowest BCUT2D eigenvalue weighted by atomic mass is 10.2. The van der Waals surface area contributed by atoms with E-state index in [9.17, 15) is 19.2 Å². The van der Waals surface area contributed by atoms with E-state index >= 15 is 0 Å². The summed E-state index contributed by atoms with van der Waals surface area (Å²) < 4.78 is 0. The minimum absolute atomic E-state index is 0.0727. The van der Waals surface area contributed by atoms with Crippen LogP contribution in [0.3, 0.4) is 0 Å². The van der Waals surface area contributed by atoms with Crippen LogP contribution in [0.25, 0.3) is 0 Å². The zero-order valence-electron chi connectivity index (χ0n) is 14.7. The smallest absolute Gasteiger partial charge is 0.243 e. The van der Waals surface area contributed by atoms with Crippen molar-refractivity contribution in [2.24, 2.45) is 11.5 Å². The molecule has 4 amide bonds. The van der Waals surface area contributed by atoms with E-state index in [2.05, 4.69) is 21.7 Å². The average molecular weight is 367 g/mol. The highest BCUT2D eigenvalue weighted by molar-refractivity contribution is 5.96. The molecule has 0 unspecified atom stereocenters. The van der Waals surface area contributed by atoms with Crippen molar-refractivity contribution in [3.63, 3.8) is 0 Å². The molecule has 0 aliphatic rings. The van der Waals surface area contributed by atoms with E-state index < -0.39 is 23.8 Å². The molecule has 0 heterocycles. The number of benzene rings is 1. The summed E-state index contributed by atoms with van der Waals surface area (Å²) in [6, 6.07) is 5.88. The summed E-state index contributed by atoms with van der Waals surface area (Å²) in [4.78, 5) is 43.6. The van der Waals surface area contributed by atoms with Gasteiger partial charge in [0.1, 0.15) is 6.04 Å². The normalized spacial score (nSPS) is 10.6. The summed E-state index contributed by atoms with van der Waals surface area (Å²) in [7, 11) is 0. The summed E-state index contributed by atoms with van der Waals surface area (Å²) in [5, 5.41) is 16.3. The van der Waals surface area contributed by atoms with E-state index in [0.29, 0.717) is 5.69 Å². The number of carbonyl (C=O) groups is 4. The van der Waals surface area contributed by atoms with Gasteiger partial charge in [0.25, 0.3) is 0 Å². The van der Waals surface area contributed by atoms with E-state index in [0.717, 1.165) is 5.56 Å². The fourth-order valence-corrected chi connectivity index (χ4v) is 1.59. The SMILES string of the molecule is CC(N)=O.C[C@H](NC(=O)CN)C(=O)NCC(=O)Nc1ccc(CO)cc1. The summed E-state index contributed by atoms with van der Waals surface area (Å²) in [5.41, 5.74) is 10.9. The summed E-state index contributed by atoms with van der Waals surface area (Å²) in [6.45, 7) is 2.30. The van der Waals surface area contributed by atoms with Gasteiger partial charge in [-0.25, -0.2) is 0 Å². The average Bonchev–Trinajstić information content (AvgIpc) is 2.59. The quantitative estimate of drug-likeness (QED) is 0.331. The van der Waals surface area contributed by atoms with Crippen molar-refractivity contribution < 1.29 is 24.3 Å². The van der Waals surface area contributed by atoms with Crippen molar-refractivity contribution in [3.8, 4) is 0 Å².